The lowest BCUT2D eigenvalue weighted by molar-refractivity contribution is 0.627. The van der Waals surface area contributed by atoms with Crippen LogP contribution in [0.15, 0.2) is 67.1 Å². The number of hydrogen-bond donors (Lipinski definition) is 0. The number of rotatable bonds is 2. The van der Waals surface area contributed by atoms with Gasteiger partial charge in [0.05, 0.1) is 5.39 Å². The van der Waals surface area contributed by atoms with Gasteiger partial charge in [-0.05, 0) is 29.8 Å². The van der Waals surface area contributed by atoms with Crippen molar-refractivity contribution in [3.05, 3.63) is 78.1 Å². The van der Waals surface area contributed by atoms with Gasteiger partial charge >= 0.3 is 0 Å². The Bertz CT molecular complexity index is 979. The summed E-state index contributed by atoms with van der Waals surface area (Å²) in [5.74, 6) is -0.277. The van der Waals surface area contributed by atoms with Crippen LogP contribution < -0.4 is 0 Å². The Kier molecular flexibility index (Phi) is 3.32. The van der Waals surface area contributed by atoms with Crippen LogP contribution in [0.3, 0.4) is 0 Å². The minimum absolute atomic E-state index is 0.277. The Morgan fingerprint density at radius 3 is 2.39 bits per heavy atom. The molecule has 0 N–H and O–H groups in total. The molecule has 3 nitrogen and oxygen atoms in total. The highest BCUT2D eigenvalue weighted by Crippen LogP contribution is 2.34. The first kappa shape index (κ1) is 13.9. The molecule has 0 spiro atoms. The molecule has 2 aromatic heterocycles. The molecular weight excluding hydrogens is 313 g/mol. The van der Waals surface area contributed by atoms with E-state index in [9.17, 15) is 4.39 Å². The van der Waals surface area contributed by atoms with E-state index in [4.69, 9.17) is 11.6 Å². The summed E-state index contributed by atoms with van der Waals surface area (Å²) < 4.78 is 15.1. The van der Waals surface area contributed by atoms with Crippen molar-refractivity contribution in [2.75, 3.05) is 0 Å². The van der Waals surface area contributed by atoms with E-state index < -0.39 is 0 Å². The minimum Gasteiger partial charge on any atom is -0.301 e. The first-order valence-electron chi connectivity index (χ1n) is 7.07. The van der Waals surface area contributed by atoms with Crippen molar-refractivity contribution in [3.8, 4) is 16.8 Å². The van der Waals surface area contributed by atoms with Crippen LogP contribution in [0.1, 0.15) is 0 Å². The van der Waals surface area contributed by atoms with Crippen molar-refractivity contribution in [3.63, 3.8) is 0 Å². The zero-order valence-electron chi connectivity index (χ0n) is 11.9. The van der Waals surface area contributed by atoms with Crippen molar-refractivity contribution >= 4 is 22.6 Å². The maximum Gasteiger partial charge on any atom is 0.150 e. The lowest BCUT2D eigenvalue weighted by Crippen LogP contribution is -1.94. The smallest absolute Gasteiger partial charge is 0.150 e. The quantitative estimate of drug-likeness (QED) is 0.492. The first-order chi connectivity index (χ1) is 11.2. The number of nitrogens with zero attached hydrogens (tertiary/aromatic N) is 3. The molecule has 112 valence electrons. The zero-order chi connectivity index (χ0) is 15.8. The molecule has 4 aromatic rings. The fourth-order valence-electron chi connectivity index (χ4n) is 2.66. The summed E-state index contributed by atoms with van der Waals surface area (Å²) in [6.07, 6.45) is 3.38. The highest BCUT2D eigenvalue weighted by atomic mass is 35.5. The summed E-state index contributed by atoms with van der Waals surface area (Å²) >= 11 is 6.31. The molecule has 0 amide bonds. The van der Waals surface area contributed by atoms with Crippen LogP contribution in [-0.4, -0.2) is 14.5 Å². The predicted octanol–water partition coefficient (Wildman–Crippen LogP) is 4.88. The Labute approximate surface area is 137 Å². The molecule has 2 aromatic carbocycles. The normalized spacial score (nSPS) is 11.0. The average Bonchev–Trinajstić information content (AvgIpc) is 2.97. The molecule has 0 aliphatic rings. The molecule has 0 radical (unpaired) electrons. The summed E-state index contributed by atoms with van der Waals surface area (Å²) in [5, 5.41) is 1.18. The second-order valence-electron chi connectivity index (χ2n) is 5.12. The van der Waals surface area contributed by atoms with Gasteiger partial charge in [-0.1, -0.05) is 41.9 Å². The highest BCUT2D eigenvalue weighted by molar-refractivity contribution is 6.35. The third-order valence-electron chi connectivity index (χ3n) is 3.73. The molecule has 0 atom stereocenters. The van der Waals surface area contributed by atoms with Crippen molar-refractivity contribution in [1.29, 1.82) is 0 Å². The second kappa shape index (κ2) is 5.48. The van der Waals surface area contributed by atoms with Gasteiger partial charge in [0.25, 0.3) is 0 Å². The summed E-state index contributed by atoms with van der Waals surface area (Å²) in [5.41, 5.74) is 3.47. The van der Waals surface area contributed by atoms with Gasteiger partial charge in [-0.2, -0.15) is 0 Å². The SMILES string of the molecule is Fc1ccc(-n2cc(-c3ccccc3)c3c(Cl)ncnc32)cc1. The van der Waals surface area contributed by atoms with Gasteiger partial charge in [0.15, 0.2) is 0 Å². The Morgan fingerprint density at radius 1 is 0.913 bits per heavy atom. The van der Waals surface area contributed by atoms with E-state index in [1.54, 1.807) is 12.1 Å². The summed E-state index contributed by atoms with van der Waals surface area (Å²) in [6.45, 7) is 0. The van der Waals surface area contributed by atoms with E-state index >= 15 is 0 Å². The van der Waals surface area contributed by atoms with E-state index in [0.717, 1.165) is 22.2 Å². The lowest BCUT2D eigenvalue weighted by Gasteiger charge is -2.04. The van der Waals surface area contributed by atoms with Crippen LogP contribution in [0.4, 0.5) is 4.39 Å². The molecule has 0 aliphatic heterocycles. The first-order valence-corrected chi connectivity index (χ1v) is 7.45. The molecule has 0 fully saturated rings. The Hall–Kier alpha value is -2.72. The number of hydrogen-bond acceptors (Lipinski definition) is 2. The van der Waals surface area contributed by atoms with Gasteiger partial charge in [-0.15, -0.1) is 0 Å². The molecule has 0 saturated heterocycles. The molecule has 5 heteroatoms. The van der Waals surface area contributed by atoms with Crippen molar-refractivity contribution < 1.29 is 4.39 Å². The fraction of sp³-hybridized carbons (Fsp3) is 0. The van der Waals surface area contributed by atoms with Crippen molar-refractivity contribution in [1.82, 2.24) is 14.5 Å². The maximum absolute atomic E-state index is 13.2. The molecule has 0 saturated carbocycles. The summed E-state index contributed by atoms with van der Waals surface area (Å²) in [4.78, 5) is 8.46. The highest BCUT2D eigenvalue weighted by Gasteiger charge is 2.16. The topological polar surface area (TPSA) is 30.7 Å². The molecule has 4 rings (SSSR count). The van der Waals surface area contributed by atoms with Crippen LogP contribution >= 0.6 is 11.6 Å². The van der Waals surface area contributed by atoms with Gasteiger partial charge < -0.3 is 4.57 Å². The molecule has 0 unspecified atom stereocenters. The van der Waals surface area contributed by atoms with Crippen LogP contribution in [-0.2, 0) is 0 Å². The summed E-state index contributed by atoms with van der Waals surface area (Å²) in [6, 6.07) is 16.2. The second-order valence-corrected chi connectivity index (χ2v) is 5.48. The number of benzene rings is 2. The Morgan fingerprint density at radius 2 is 1.65 bits per heavy atom. The van der Waals surface area contributed by atoms with Crippen LogP contribution in [0.5, 0.6) is 0 Å². The number of fused-ring (bicyclic) bond motifs is 1. The van der Waals surface area contributed by atoms with Crippen LogP contribution in [0, 0.1) is 5.82 Å². The van der Waals surface area contributed by atoms with Gasteiger partial charge in [0, 0.05) is 17.4 Å². The molecule has 0 bridgehead atoms. The monoisotopic (exact) mass is 323 g/mol. The summed E-state index contributed by atoms with van der Waals surface area (Å²) in [7, 11) is 0. The predicted molar refractivity (Wildman–Crippen MR) is 89.3 cm³/mol. The number of aromatic nitrogens is 3. The number of halogens is 2. The maximum atomic E-state index is 13.2. The van der Waals surface area contributed by atoms with E-state index in [-0.39, 0.29) is 5.82 Å². The zero-order valence-corrected chi connectivity index (χ0v) is 12.7. The lowest BCUT2D eigenvalue weighted by atomic mass is 10.1. The van der Waals surface area contributed by atoms with Gasteiger partial charge in [-0.25, -0.2) is 14.4 Å². The third kappa shape index (κ3) is 2.37. The van der Waals surface area contributed by atoms with Crippen molar-refractivity contribution in [2.24, 2.45) is 0 Å². The molecule has 0 aliphatic carbocycles. The fourth-order valence-corrected chi connectivity index (χ4v) is 2.89. The largest absolute Gasteiger partial charge is 0.301 e. The van der Waals surface area contributed by atoms with E-state index in [1.807, 2.05) is 41.1 Å². The molecule has 2 heterocycles. The standard InChI is InChI=1S/C18H11ClFN3/c19-17-16-15(12-4-2-1-3-5-12)10-23(18(16)22-11-21-17)14-8-6-13(20)7-9-14/h1-11H. The molecule has 23 heavy (non-hydrogen) atoms. The van der Waals surface area contributed by atoms with E-state index in [1.165, 1.54) is 18.5 Å². The van der Waals surface area contributed by atoms with Crippen LogP contribution in [0.2, 0.25) is 5.15 Å². The Balaban J connectivity index is 2.03. The van der Waals surface area contributed by atoms with E-state index in [0.29, 0.717) is 10.8 Å². The third-order valence-corrected chi connectivity index (χ3v) is 4.01. The average molecular weight is 324 g/mol. The van der Waals surface area contributed by atoms with Crippen molar-refractivity contribution in [2.45, 2.75) is 0 Å². The molecular formula is C18H11ClFN3. The van der Waals surface area contributed by atoms with Gasteiger partial charge in [-0.3, -0.25) is 0 Å². The van der Waals surface area contributed by atoms with Crippen LogP contribution in [0.25, 0.3) is 27.8 Å². The van der Waals surface area contributed by atoms with Gasteiger partial charge in [0.1, 0.15) is 22.9 Å². The minimum atomic E-state index is -0.277. The van der Waals surface area contributed by atoms with E-state index in [2.05, 4.69) is 9.97 Å². The van der Waals surface area contributed by atoms with Gasteiger partial charge in [0.2, 0.25) is 0 Å².